The molecule has 0 heterocycles. The highest BCUT2D eigenvalue weighted by Gasteiger charge is 2.14. The quantitative estimate of drug-likeness (QED) is 0.371. The lowest BCUT2D eigenvalue weighted by atomic mass is 10.3. The topological polar surface area (TPSA) is 70.2 Å². The fourth-order valence-electron chi connectivity index (χ4n) is 2.35. The number of anilines is 3. The van der Waals surface area contributed by atoms with E-state index >= 15 is 0 Å². The molecule has 0 fully saturated rings. The van der Waals surface area contributed by atoms with E-state index in [0.29, 0.717) is 37.2 Å². The van der Waals surface area contributed by atoms with Gasteiger partial charge in [-0.15, -0.1) is 0 Å². The molecular weight excluding hydrogens is 473 g/mol. The Balaban J connectivity index is 1.66. The molecule has 0 radical (unpaired) electrons. The van der Waals surface area contributed by atoms with E-state index in [-0.39, 0.29) is 4.90 Å². The van der Waals surface area contributed by atoms with Gasteiger partial charge < -0.3 is 10.6 Å². The fraction of sp³-hybridized carbons (Fsp3) is 0. The fourth-order valence-corrected chi connectivity index (χ4v) is 4.12. The first-order valence-electron chi connectivity index (χ1n) is 8.14. The van der Waals surface area contributed by atoms with Crippen LogP contribution < -0.4 is 15.4 Å². The molecule has 0 aliphatic heterocycles. The normalized spacial score (nSPS) is 11.0. The molecule has 0 atom stereocenters. The predicted octanol–water partition coefficient (Wildman–Crippen LogP) is 6.26. The third-order valence-electron chi connectivity index (χ3n) is 3.68. The summed E-state index contributed by atoms with van der Waals surface area (Å²) in [6.07, 6.45) is 0. The van der Waals surface area contributed by atoms with Crippen LogP contribution in [-0.2, 0) is 10.0 Å². The molecule has 3 aromatic carbocycles. The van der Waals surface area contributed by atoms with Gasteiger partial charge in [-0.25, -0.2) is 8.42 Å². The summed E-state index contributed by atoms with van der Waals surface area (Å²) in [7, 11) is -3.74. The Morgan fingerprint density at radius 3 is 2.07 bits per heavy atom. The standard InChI is InChI=1S/C19H14Cl3N3O2S2/c20-12-2-1-3-15(10-12)25-29(26,27)16-7-4-13(5-8-16)23-19(28)24-14-6-9-17(21)18(22)11-14/h1-11,25H,(H2,23,24,28). The predicted molar refractivity (Wildman–Crippen MR) is 125 cm³/mol. The van der Waals surface area contributed by atoms with E-state index in [4.69, 9.17) is 47.0 Å². The first-order valence-corrected chi connectivity index (χ1v) is 11.2. The molecule has 0 aliphatic carbocycles. The van der Waals surface area contributed by atoms with Crippen molar-refractivity contribution in [1.82, 2.24) is 0 Å². The van der Waals surface area contributed by atoms with Crippen molar-refractivity contribution in [3.63, 3.8) is 0 Å². The third kappa shape index (κ3) is 5.98. The van der Waals surface area contributed by atoms with Crippen LogP contribution in [0.25, 0.3) is 0 Å². The molecule has 10 heteroatoms. The lowest BCUT2D eigenvalue weighted by molar-refractivity contribution is 0.601. The van der Waals surface area contributed by atoms with E-state index < -0.39 is 10.0 Å². The Kier molecular flexibility index (Phi) is 6.87. The van der Waals surface area contributed by atoms with E-state index in [0.717, 1.165) is 0 Å². The van der Waals surface area contributed by atoms with Gasteiger partial charge in [-0.3, -0.25) is 4.72 Å². The minimum absolute atomic E-state index is 0.103. The summed E-state index contributed by atoms with van der Waals surface area (Å²) in [5.41, 5.74) is 1.66. The van der Waals surface area contributed by atoms with Crippen molar-refractivity contribution in [1.29, 1.82) is 0 Å². The zero-order valence-electron chi connectivity index (χ0n) is 14.6. The molecule has 0 unspecified atom stereocenters. The maximum absolute atomic E-state index is 12.5. The molecular formula is C19H14Cl3N3O2S2. The summed E-state index contributed by atoms with van der Waals surface area (Å²) in [4.78, 5) is 0.103. The van der Waals surface area contributed by atoms with Gasteiger partial charge in [0, 0.05) is 16.4 Å². The molecule has 0 saturated carbocycles. The van der Waals surface area contributed by atoms with Gasteiger partial charge in [0.25, 0.3) is 10.0 Å². The lowest BCUT2D eigenvalue weighted by Crippen LogP contribution is -2.19. The first-order chi connectivity index (χ1) is 13.7. The summed E-state index contributed by atoms with van der Waals surface area (Å²) < 4.78 is 27.5. The van der Waals surface area contributed by atoms with Crippen LogP contribution in [0.5, 0.6) is 0 Å². The molecule has 150 valence electrons. The van der Waals surface area contributed by atoms with Crippen LogP contribution in [0.2, 0.25) is 15.1 Å². The van der Waals surface area contributed by atoms with Crippen molar-refractivity contribution in [3.05, 3.63) is 81.8 Å². The van der Waals surface area contributed by atoms with E-state index in [1.165, 1.54) is 18.2 Å². The van der Waals surface area contributed by atoms with Crippen molar-refractivity contribution in [2.45, 2.75) is 4.90 Å². The maximum Gasteiger partial charge on any atom is 0.261 e. The van der Waals surface area contributed by atoms with Crippen LogP contribution >= 0.6 is 47.0 Å². The monoisotopic (exact) mass is 485 g/mol. The SMILES string of the molecule is O=S(=O)(Nc1cccc(Cl)c1)c1ccc(NC(=S)Nc2ccc(Cl)c(Cl)c2)cc1. The summed E-state index contributed by atoms with van der Waals surface area (Å²) in [5, 5.41) is 7.55. The zero-order valence-corrected chi connectivity index (χ0v) is 18.5. The molecule has 3 rings (SSSR count). The van der Waals surface area contributed by atoms with E-state index in [1.807, 2.05) is 0 Å². The van der Waals surface area contributed by atoms with Crippen molar-refractivity contribution in [2.75, 3.05) is 15.4 Å². The van der Waals surface area contributed by atoms with Crippen LogP contribution in [0, 0.1) is 0 Å². The number of benzene rings is 3. The molecule has 0 amide bonds. The van der Waals surface area contributed by atoms with Gasteiger partial charge in [0.05, 0.1) is 20.6 Å². The Bertz CT molecular complexity index is 1150. The third-order valence-corrected chi connectivity index (χ3v) is 6.25. The van der Waals surface area contributed by atoms with E-state index in [1.54, 1.807) is 48.5 Å². The lowest BCUT2D eigenvalue weighted by Gasteiger charge is -2.12. The number of thiocarbonyl (C=S) groups is 1. The summed E-state index contributed by atoms with van der Waals surface area (Å²) in [6.45, 7) is 0. The van der Waals surface area contributed by atoms with Crippen LogP contribution in [0.15, 0.2) is 71.6 Å². The first kappa shape index (κ1) is 21.7. The molecule has 0 bridgehead atoms. The van der Waals surface area contributed by atoms with Crippen molar-refractivity contribution in [2.24, 2.45) is 0 Å². The largest absolute Gasteiger partial charge is 0.332 e. The second-order valence-electron chi connectivity index (χ2n) is 5.85. The van der Waals surface area contributed by atoms with Gasteiger partial charge in [0.2, 0.25) is 0 Å². The zero-order chi connectivity index (χ0) is 21.0. The Morgan fingerprint density at radius 1 is 0.759 bits per heavy atom. The Morgan fingerprint density at radius 2 is 1.41 bits per heavy atom. The molecule has 0 saturated heterocycles. The number of rotatable bonds is 5. The van der Waals surface area contributed by atoms with Gasteiger partial charge in [-0.1, -0.05) is 40.9 Å². The van der Waals surface area contributed by atoms with Crippen LogP contribution in [0.3, 0.4) is 0 Å². The molecule has 0 aromatic heterocycles. The van der Waals surface area contributed by atoms with E-state index in [2.05, 4.69) is 15.4 Å². The molecule has 5 nitrogen and oxygen atoms in total. The highest BCUT2D eigenvalue weighted by Crippen LogP contribution is 2.25. The molecule has 29 heavy (non-hydrogen) atoms. The number of halogens is 3. The van der Waals surface area contributed by atoms with Gasteiger partial charge in [-0.05, 0) is 72.9 Å². The van der Waals surface area contributed by atoms with Crippen molar-refractivity contribution >= 4 is 79.2 Å². The summed E-state index contributed by atoms with van der Waals surface area (Å²) in [5.74, 6) is 0. The molecule has 0 spiro atoms. The van der Waals surface area contributed by atoms with Gasteiger partial charge >= 0.3 is 0 Å². The highest BCUT2D eigenvalue weighted by atomic mass is 35.5. The minimum atomic E-state index is -3.74. The molecule has 3 N–H and O–H groups in total. The minimum Gasteiger partial charge on any atom is -0.332 e. The number of nitrogens with one attached hydrogen (secondary N) is 3. The van der Waals surface area contributed by atoms with Gasteiger partial charge in [0.15, 0.2) is 5.11 Å². The Labute approximate surface area is 189 Å². The van der Waals surface area contributed by atoms with Gasteiger partial charge in [0.1, 0.15) is 0 Å². The maximum atomic E-state index is 12.5. The van der Waals surface area contributed by atoms with Crippen LogP contribution in [0.4, 0.5) is 17.1 Å². The van der Waals surface area contributed by atoms with Crippen LogP contribution in [0.1, 0.15) is 0 Å². The smallest absolute Gasteiger partial charge is 0.261 e. The van der Waals surface area contributed by atoms with Crippen molar-refractivity contribution in [3.8, 4) is 0 Å². The van der Waals surface area contributed by atoms with Gasteiger partial charge in [-0.2, -0.15) is 0 Å². The Hall–Kier alpha value is -2.03. The second kappa shape index (κ2) is 9.19. The highest BCUT2D eigenvalue weighted by molar-refractivity contribution is 7.92. The number of sulfonamides is 1. The van der Waals surface area contributed by atoms with E-state index in [9.17, 15) is 8.42 Å². The van der Waals surface area contributed by atoms with Crippen molar-refractivity contribution < 1.29 is 8.42 Å². The average Bonchev–Trinajstić information content (AvgIpc) is 2.65. The van der Waals surface area contributed by atoms with Crippen LogP contribution in [-0.4, -0.2) is 13.5 Å². The number of hydrogen-bond donors (Lipinski definition) is 3. The summed E-state index contributed by atoms with van der Waals surface area (Å²) in [6, 6.07) is 17.7. The second-order valence-corrected chi connectivity index (χ2v) is 9.19. The summed E-state index contributed by atoms with van der Waals surface area (Å²) >= 11 is 23.0. The number of hydrogen-bond acceptors (Lipinski definition) is 3. The molecule has 0 aliphatic rings. The average molecular weight is 487 g/mol. The molecule has 3 aromatic rings.